The van der Waals surface area contributed by atoms with Crippen molar-refractivity contribution in [1.82, 2.24) is 20.1 Å². The van der Waals surface area contributed by atoms with Gasteiger partial charge in [0.1, 0.15) is 0 Å². The van der Waals surface area contributed by atoms with Crippen molar-refractivity contribution < 1.29 is 0 Å². The van der Waals surface area contributed by atoms with E-state index >= 15 is 0 Å². The summed E-state index contributed by atoms with van der Waals surface area (Å²) in [7, 11) is 0. The fourth-order valence-electron chi connectivity index (χ4n) is 1.60. The summed E-state index contributed by atoms with van der Waals surface area (Å²) in [6.45, 7) is 6.10. The smallest absolute Gasteiger partial charge is 0.153 e. The summed E-state index contributed by atoms with van der Waals surface area (Å²) in [5.41, 5.74) is 2.34. The van der Waals surface area contributed by atoms with Gasteiger partial charge >= 0.3 is 0 Å². The van der Waals surface area contributed by atoms with E-state index < -0.39 is 0 Å². The van der Waals surface area contributed by atoms with E-state index in [0.29, 0.717) is 0 Å². The van der Waals surface area contributed by atoms with Crippen LogP contribution in [0.25, 0.3) is 5.82 Å². The molecule has 4 heteroatoms. The second kappa shape index (κ2) is 5.59. The molecule has 17 heavy (non-hydrogen) atoms. The molecule has 90 valence electrons. The molecule has 0 spiro atoms. The zero-order chi connectivity index (χ0) is 12.1. The number of hydrogen-bond acceptors (Lipinski definition) is 3. The van der Waals surface area contributed by atoms with E-state index in [2.05, 4.69) is 28.4 Å². The van der Waals surface area contributed by atoms with E-state index in [1.807, 2.05) is 31.6 Å². The van der Waals surface area contributed by atoms with Crippen LogP contribution in [-0.2, 0) is 6.54 Å². The highest BCUT2D eigenvalue weighted by Crippen LogP contribution is 2.06. The van der Waals surface area contributed by atoms with E-state index in [-0.39, 0.29) is 0 Å². The van der Waals surface area contributed by atoms with Crippen LogP contribution in [0.15, 0.2) is 30.7 Å². The first-order valence-electron chi connectivity index (χ1n) is 5.97. The Bertz CT molecular complexity index is 459. The highest BCUT2D eigenvalue weighted by molar-refractivity contribution is 5.25. The van der Waals surface area contributed by atoms with Crippen LogP contribution in [0.2, 0.25) is 0 Å². The van der Waals surface area contributed by atoms with Crippen LogP contribution < -0.4 is 5.32 Å². The lowest BCUT2D eigenvalue weighted by Crippen LogP contribution is -2.14. The zero-order valence-electron chi connectivity index (χ0n) is 10.3. The van der Waals surface area contributed by atoms with Crippen molar-refractivity contribution in [2.75, 3.05) is 6.54 Å². The third-order valence-corrected chi connectivity index (χ3v) is 2.51. The lowest BCUT2D eigenvalue weighted by atomic mass is 10.3. The van der Waals surface area contributed by atoms with Gasteiger partial charge in [-0.2, -0.15) is 5.10 Å². The number of nitrogens with zero attached hydrogens (tertiary/aromatic N) is 3. The van der Waals surface area contributed by atoms with E-state index in [1.54, 1.807) is 4.68 Å². The minimum atomic E-state index is 0.859. The molecule has 0 saturated heterocycles. The van der Waals surface area contributed by atoms with E-state index in [1.165, 1.54) is 5.56 Å². The molecule has 2 rings (SSSR count). The van der Waals surface area contributed by atoms with Gasteiger partial charge in [0.15, 0.2) is 5.82 Å². The van der Waals surface area contributed by atoms with E-state index in [9.17, 15) is 0 Å². The van der Waals surface area contributed by atoms with Crippen molar-refractivity contribution in [2.45, 2.75) is 26.8 Å². The number of aromatic nitrogens is 3. The quantitative estimate of drug-likeness (QED) is 0.800. The van der Waals surface area contributed by atoms with Gasteiger partial charge in [-0.15, -0.1) is 0 Å². The lowest BCUT2D eigenvalue weighted by Gasteiger charge is -2.04. The molecule has 0 radical (unpaired) electrons. The number of nitrogens with one attached hydrogen (secondary N) is 1. The summed E-state index contributed by atoms with van der Waals surface area (Å²) in [6, 6.07) is 4.08. The molecule has 0 saturated carbocycles. The van der Waals surface area contributed by atoms with Gasteiger partial charge in [-0.1, -0.05) is 13.0 Å². The minimum Gasteiger partial charge on any atom is -0.313 e. The molecule has 0 aliphatic carbocycles. The van der Waals surface area contributed by atoms with Crippen LogP contribution >= 0.6 is 0 Å². The molecular weight excluding hydrogens is 212 g/mol. The summed E-state index contributed by atoms with van der Waals surface area (Å²) >= 11 is 0. The van der Waals surface area contributed by atoms with Gasteiger partial charge in [0.2, 0.25) is 0 Å². The predicted octanol–water partition coefficient (Wildman–Crippen LogP) is 2.08. The van der Waals surface area contributed by atoms with Gasteiger partial charge in [0.05, 0.1) is 6.20 Å². The van der Waals surface area contributed by atoms with Gasteiger partial charge in [-0.25, -0.2) is 9.67 Å². The molecule has 0 aliphatic heterocycles. The van der Waals surface area contributed by atoms with Crippen molar-refractivity contribution >= 4 is 0 Å². The van der Waals surface area contributed by atoms with Gasteiger partial charge in [0, 0.05) is 18.9 Å². The number of hydrogen-bond donors (Lipinski definition) is 1. The molecule has 2 aromatic heterocycles. The van der Waals surface area contributed by atoms with Crippen molar-refractivity contribution in [3.8, 4) is 5.82 Å². The summed E-state index contributed by atoms with van der Waals surface area (Å²) in [4.78, 5) is 4.40. The number of pyridine rings is 1. The predicted molar refractivity (Wildman–Crippen MR) is 68.1 cm³/mol. The van der Waals surface area contributed by atoms with Gasteiger partial charge < -0.3 is 5.32 Å². The summed E-state index contributed by atoms with van der Waals surface area (Å²) in [5, 5.41) is 7.58. The Morgan fingerprint density at radius 3 is 2.76 bits per heavy atom. The Balaban J connectivity index is 2.02. The third kappa shape index (κ3) is 3.14. The first-order valence-corrected chi connectivity index (χ1v) is 5.97. The second-order valence-electron chi connectivity index (χ2n) is 4.16. The molecule has 1 N–H and O–H groups in total. The van der Waals surface area contributed by atoms with Crippen LogP contribution in [0.5, 0.6) is 0 Å². The van der Waals surface area contributed by atoms with Gasteiger partial charge in [-0.3, -0.25) is 0 Å². The Morgan fingerprint density at radius 2 is 2.18 bits per heavy atom. The highest BCUT2D eigenvalue weighted by atomic mass is 15.3. The Labute approximate surface area is 102 Å². The van der Waals surface area contributed by atoms with Crippen molar-refractivity contribution in [3.05, 3.63) is 41.9 Å². The molecule has 0 aromatic carbocycles. The largest absolute Gasteiger partial charge is 0.313 e. The van der Waals surface area contributed by atoms with Crippen molar-refractivity contribution in [3.63, 3.8) is 0 Å². The molecule has 2 aromatic rings. The molecule has 0 bridgehead atoms. The Hall–Kier alpha value is -1.68. The monoisotopic (exact) mass is 230 g/mol. The maximum atomic E-state index is 4.40. The lowest BCUT2D eigenvalue weighted by molar-refractivity contribution is 0.673. The SMILES string of the molecule is CCCNCc1ccc(-n2cc(C)cn2)nc1. The van der Waals surface area contributed by atoms with E-state index in [4.69, 9.17) is 0 Å². The Kier molecular flexibility index (Phi) is 3.88. The molecule has 2 heterocycles. The maximum absolute atomic E-state index is 4.40. The molecule has 4 nitrogen and oxygen atoms in total. The molecule has 0 atom stereocenters. The molecular formula is C13H18N4. The first kappa shape index (κ1) is 11.8. The van der Waals surface area contributed by atoms with Crippen molar-refractivity contribution in [1.29, 1.82) is 0 Å². The average molecular weight is 230 g/mol. The molecule has 0 fully saturated rings. The molecule has 0 unspecified atom stereocenters. The second-order valence-corrected chi connectivity index (χ2v) is 4.16. The maximum Gasteiger partial charge on any atom is 0.153 e. The van der Waals surface area contributed by atoms with Crippen LogP contribution in [0, 0.1) is 6.92 Å². The molecule has 0 amide bonds. The first-order chi connectivity index (χ1) is 8.29. The fourth-order valence-corrected chi connectivity index (χ4v) is 1.60. The molecule has 0 aliphatic rings. The van der Waals surface area contributed by atoms with Gasteiger partial charge in [0.25, 0.3) is 0 Å². The van der Waals surface area contributed by atoms with E-state index in [0.717, 1.165) is 30.9 Å². The topological polar surface area (TPSA) is 42.7 Å². The average Bonchev–Trinajstić information content (AvgIpc) is 2.77. The van der Waals surface area contributed by atoms with Crippen molar-refractivity contribution in [2.24, 2.45) is 0 Å². The fraction of sp³-hybridized carbons (Fsp3) is 0.385. The summed E-state index contributed by atoms with van der Waals surface area (Å²) < 4.78 is 1.79. The van der Waals surface area contributed by atoms with Crippen LogP contribution in [0.4, 0.5) is 0 Å². The summed E-state index contributed by atoms with van der Waals surface area (Å²) in [5.74, 6) is 0.859. The minimum absolute atomic E-state index is 0.859. The highest BCUT2D eigenvalue weighted by Gasteiger charge is 1.99. The number of rotatable bonds is 5. The van der Waals surface area contributed by atoms with Gasteiger partial charge in [-0.05, 0) is 37.1 Å². The zero-order valence-corrected chi connectivity index (χ0v) is 10.3. The normalized spacial score (nSPS) is 10.7. The third-order valence-electron chi connectivity index (χ3n) is 2.51. The van der Waals surface area contributed by atoms with Crippen LogP contribution in [-0.4, -0.2) is 21.3 Å². The summed E-state index contributed by atoms with van der Waals surface area (Å²) in [6.07, 6.45) is 6.85. The number of aryl methyl sites for hydroxylation is 1. The van der Waals surface area contributed by atoms with Crippen LogP contribution in [0.1, 0.15) is 24.5 Å². The van der Waals surface area contributed by atoms with Crippen LogP contribution in [0.3, 0.4) is 0 Å². The Morgan fingerprint density at radius 1 is 1.29 bits per heavy atom. The standard InChI is InChI=1S/C13H18N4/c1-3-6-14-8-12-4-5-13(15-9-12)17-10-11(2)7-16-17/h4-5,7,9-10,14H,3,6,8H2,1-2H3.